The number of nitrogen functional groups attached to an aromatic ring is 1. The largest absolute Gasteiger partial charge is 0.463 e. The number of esters is 2. The third-order valence-electron chi connectivity index (χ3n) is 3.85. The maximum atomic E-state index is 12.4. The highest BCUT2D eigenvalue weighted by Crippen LogP contribution is 2.34. The van der Waals surface area contributed by atoms with E-state index in [0.29, 0.717) is 0 Å². The standard InChI is InChI=1S/C16H20ClN3O9S/c1-8(21)26-7-11-12(29-30(3,24)25)13(27-9(2)22)15(28-11)20-6-10(4-5-17)14(18)19-16(20)23/h4-6,11-13,15H,7H2,1-3H3,(H2,18,19,23)/b5-4+/t11-,12+,13-,15-/m1/s1. The molecular weight excluding hydrogens is 446 g/mol. The van der Waals surface area contributed by atoms with Gasteiger partial charge >= 0.3 is 17.6 Å². The van der Waals surface area contributed by atoms with Crippen LogP contribution < -0.4 is 11.4 Å². The summed E-state index contributed by atoms with van der Waals surface area (Å²) in [5, 5.41) is 0. The fourth-order valence-electron chi connectivity index (χ4n) is 2.78. The number of anilines is 1. The molecule has 1 fully saturated rings. The van der Waals surface area contributed by atoms with Crippen LogP contribution in [0.2, 0.25) is 0 Å². The molecule has 0 aliphatic carbocycles. The molecule has 0 aromatic carbocycles. The SMILES string of the molecule is CC(=O)OC[C@H]1O[C@@H](n2cc(/C=C/Cl)c(N)nc2=O)[C@H](OC(C)=O)[C@H]1OS(C)(=O)=O. The van der Waals surface area contributed by atoms with Crippen molar-refractivity contribution >= 4 is 45.6 Å². The first-order valence-electron chi connectivity index (χ1n) is 8.42. The zero-order chi connectivity index (χ0) is 22.6. The fraction of sp³-hybridized carbons (Fsp3) is 0.500. The topological polar surface area (TPSA) is 166 Å². The van der Waals surface area contributed by atoms with Gasteiger partial charge in [-0.05, 0) is 6.08 Å². The van der Waals surface area contributed by atoms with Crippen molar-refractivity contribution in [1.29, 1.82) is 0 Å². The molecule has 14 heteroatoms. The first-order chi connectivity index (χ1) is 13.9. The predicted molar refractivity (Wildman–Crippen MR) is 104 cm³/mol. The minimum atomic E-state index is -4.05. The average Bonchev–Trinajstić information content (AvgIpc) is 2.91. The Balaban J connectivity index is 2.56. The molecule has 1 saturated heterocycles. The first-order valence-corrected chi connectivity index (χ1v) is 10.7. The van der Waals surface area contributed by atoms with Gasteiger partial charge in [0.25, 0.3) is 10.1 Å². The molecule has 1 aliphatic heterocycles. The molecule has 1 aromatic rings. The van der Waals surface area contributed by atoms with Crippen molar-refractivity contribution in [1.82, 2.24) is 9.55 Å². The monoisotopic (exact) mass is 465 g/mol. The van der Waals surface area contributed by atoms with Crippen molar-refractivity contribution < 1.29 is 36.4 Å². The molecule has 2 heterocycles. The molecule has 0 unspecified atom stereocenters. The summed E-state index contributed by atoms with van der Waals surface area (Å²) >= 11 is 5.56. The Morgan fingerprint density at radius 1 is 1.33 bits per heavy atom. The number of nitrogens with zero attached hydrogens (tertiary/aromatic N) is 2. The molecule has 0 spiro atoms. The van der Waals surface area contributed by atoms with Gasteiger partial charge in [-0.3, -0.25) is 18.3 Å². The van der Waals surface area contributed by atoms with E-state index >= 15 is 0 Å². The highest BCUT2D eigenvalue weighted by atomic mass is 35.5. The Morgan fingerprint density at radius 2 is 2.00 bits per heavy atom. The first kappa shape index (κ1) is 23.8. The highest BCUT2D eigenvalue weighted by Gasteiger charge is 2.51. The molecule has 30 heavy (non-hydrogen) atoms. The Hall–Kier alpha value is -2.48. The number of rotatable bonds is 7. The smallest absolute Gasteiger partial charge is 0.351 e. The van der Waals surface area contributed by atoms with Crippen molar-refractivity contribution in [3.05, 3.63) is 27.8 Å². The average molecular weight is 466 g/mol. The van der Waals surface area contributed by atoms with Gasteiger partial charge in [0.15, 0.2) is 12.3 Å². The number of nitrogens with two attached hydrogens (primary N) is 1. The molecular formula is C16H20ClN3O9S. The van der Waals surface area contributed by atoms with E-state index in [-0.39, 0.29) is 11.4 Å². The Kier molecular flexibility index (Phi) is 7.58. The molecule has 1 aromatic heterocycles. The molecule has 2 rings (SSSR count). The summed E-state index contributed by atoms with van der Waals surface area (Å²) in [4.78, 5) is 38.9. The summed E-state index contributed by atoms with van der Waals surface area (Å²) in [5.41, 5.74) is 6.21. The van der Waals surface area contributed by atoms with E-state index in [0.717, 1.165) is 30.2 Å². The summed E-state index contributed by atoms with van der Waals surface area (Å²) in [6, 6.07) is 0. The molecule has 2 N–H and O–H groups in total. The Labute approximate surface area is 176 Å². The molecule has 1 aliphatic rings. The summed E-state index contributed by atoms with van der Waals surface area (Å²) in [5.74, 6) is -1.57. The van der Waals surface area contributed by atoms with E-state index in [2.05, 4.69) is 4.98 Å². The van der Waals surface area contributed by atoms with Crippen molar-refractivity contribution in [2.24, 2.45) is 0 Å². The van der Waals surface area contributed by atoms with E-state index in [1.807, 2.05) is 0 Å². The minimum Gasteiger partial charge on any atom is -0.463 e. The van der Waals surface area contributed by atoms with Gasteiger partial charge in [0.05, 0.1) is 6.26 Å². The lowest BCUT2D eigenvalue weighted by molar-refractivity contribution is -0.155. The van der Waals surface area contributed by atoms with Crippen molar-refractivity contribution in [3.63, 3.8) is 0 Å². The van der Waals surface area contributed by atoms with E-state index in [9.17, 15) is 22.8 Å². The fourth-order valence-corrected chi connectivity index (χ4v) is 3.55. The Bertz CT molecular complexity index is 1010. The second kappa shape index (κ2) is 9.55. The molecule has 12 nitrogen and oxygen atoms in total. The van der Waals surface area contributed by atoms with Gasteiger partial charge < -0.3 is 19.9 Å². The van der Waals surface area contributed by atoms with E-state index in [4.69, 9.17) is 35.7 Å². The van der Waals surface area contributed by atoms with Crippen LogP contribution in [-0.2, 0) is 38.1 Å². The van der Waals surface area contributed by atoms with E-state index in [1.54, 1.807) is 0 Å². The second-order valence-corrected chi connectivity index (χ2v) is 8.12. The van der Waals surface area contributed by atoms with Gasteiger partial charge in [0, 0.05) is 31.1 Å². The minimum absolute atomic E-state index is 0.115. The van der Waals surface area contributed by atoms with Crippen LogP contribution in [-0.4, -0.2) is 61.1 Å². The number of halogens is 1. The van der Waals surface area contributed by atoms with Crippen LogP contribution in [0.25, 0.3) is 6.08 Å². The van der Waals surface area contributed by atoms with Crippen molar-refractivity contribution in [3.8, 4) is 0 Å². The number of ether oxygens (including phenoxy) is 3. The lowest BCUT2D eigenvalue weighted by Gasteiger charge is -2.23. The van der Waals surface area contributed by atoms with Gasteiger partial charge in [0.1, 0.15) is 24.6 Å². The van der Waals surface area contributed by atoms with Crippen LogP contribution in [0.5, 0.6) is 0 Å². The molecule has 0 saturated carbocycles. The molecule has 4 atom stereocenters. The summed E-state index contributed by atoms with van der Waals surface area (Å²) in [6.07, 6.45) is -1.96. The zero-order valence-electron chi connectivity index (χ0n) is 16.2. The quantitative estimate of drug-likeness (QED) is 0.417. The van der Waals surface area contributed by atoms with Gasteiger partial charge in [-0.1, -0.05) is 11.6 Å². The van der Waals surface area contributed by atoms with Gasteiger partial charge in [-0.15, -0.1) is 0 Å². The number of carbonyl (C=O) groups is 2. The molecule has 166 valence electrons. The molecule has 0 bridgehead atoms. The Morgan fingerprint density at radius 3 is 2.53 bits per heavy atom. The summed E-state index contributed by atoms with van der Waals surface area (Å²) < 4.78 is 45.3. The number of hydrogen-bond acceptors (Lipinski definition) is 11. The molecule has 0 radical (unpaired) electrons. The number of hydrogen-bond donors (Lipinski definition) is 1. The lowest BCUT2D eigenvalue weighted by Crippen LogP contribution is -2.42. The van der Waals surface area contributed by atoms with Crippen molar-refractivity contribution in [2.45, 2.75) is 38.4 Å². The predicted octanol–water partition coefficient (Wildman–Crippen LogP) is -0.228. The van der Waals surface area contributed by atoms with Crippen LogP contribution in [0.15, 0.2) is 16.5 Å². The van der Waals surface area contributed by atoms with Gasteiger partial charge in [0.2, 0.25) is 0 Å². The van der Waals surface area contributed by atoms with Gasteiger partial charge in [-0.25, -0.2) is 4.79 Å². The normalized spacial score (nSPS) is 24.1. The summed E-state index contributed by atoms with van der Waals surface area (Å²) in [6.45, 7) is 1.80. The maximum Gasteiger partial charge on any atom is 0.351 e. The zero-order valence-corrected chi connectivity index (χ0v) is 17.8. The molecule has 0 amide bonds. The van der Waals surface area contributed by atoms with Crippen LogP contribution in [0, 0.1) is 0 Å². The van der Waals surface area contributed by atoms with Crippen LogP contribution in [0.4, 0.5) is 5.82 Å². The van der Waals surface area contributed by atoms with Crippen LogP contribution in [0.1, 0.15) is 25.6 Å². The lowest BCUT2D eigenvalue weighted by atomic mass is 10.1. The second-order valence-electron chi connectivity index (χ2n) is 6.27. The summed E-state index contributed by atoms with van der Waals surface area (Å²) in [7, 11) is -4.05. The maximum absolute atomic E-state index is 12.4. The highest BCUT2D eigenvalue weighted by molar-refractivity contribution is 7.86. The third-order valence-corrected chi connectivity index (χ3v) is 4.55. The van der Waals surface area contributed by atoms with E-state index in [1.165, 1.54) is 12.3 Å². The number of carbonyl (C=O) groups excluding carboxylic acids is 2. The number of aromatic nitrogens is 2. The van der Waals surface area contributed by atoms with Crippen LogP contribution >= 0.6 is 11.6 Å². The van der Waals surface area contributed by atoms with Crippen molar-refractivity contribution in [2.75, 3.05) is 18.6 Å². The van der Waals surface area contributed by atoms with E-state index < -0.39 is 58.9 Å². The van der Waals surface area contributed by atoms with Gasteiger partial charge in [-0.2, -0.15) is 13.4 Å². The third kappa shape index (κ3) is 6.01. The van der Waals surface area contributed by atoms with Crippen LogP contribution in [0.3, 0.4) is 0 Å².